The Kier molecular flexibility index (Phi) is 3.98. The maximum absolute atomic E-state index is 2.43. The molecule has 0 saturated heterocycles. The highest BCUT2D eigenvalue weighted by Gasteiger charge is 2.06. The first kappa shape index (κ1) is 15.2. The van der Waals surface area contributed by atoms with E-state index in [1.165, 1.54) is 69.1 Å². The summed E-state index contributed by atoms with van der Waals surface area (Å²) in [5, 5.41) is 8.07. The first-order valence-corrected chi connectivity index (χ1v) is 9.16. The minimum atomic E-state index is 1.18. The van der Waals surface area contributed by atoms with Gasteiger partial charge in [0.15, 0.2) is 0 Å². The minimum Gasteiger partial charge on any atom is -0.0651 e. The lowest BCUT2D eigenvalue weighted by molar-refractivity contribution is 0.864. The van der Waals surface area contributed by atoms with Gasteiger partial charge >= 0.3 is 0 Å². The predicted molar refractivity (Wildman–Crippen MR) is 107 cm³/mol. The lowest BCUT2D eigenvalue weighted by atomic mass is 9.93. The Hall–Kier alpha value is -2.34. The van der Waals surface area contributed by atoms with Gasteiger partial charge in [0.05, 0.1) is 0 Å². The van der Waals surface area contributed by atoms with Gasteiger partial charge in [0, 0.05) is 0 Å². The molecule has 0 atom stereocenters. The van der Waals surface area contributed by atoms with E-state index in [-0.39, 0.29) is 0 Å². The molecule has 0 aliphatic carbocycles. The summed E-state index contributed by atoms with van der Waals surface area (Å²) in [6, 6.07) is 22.9. The Labute approximate surface area is 144 Å². The smallest absolute Gasteiger partial charge is 0.0171 e. The van der Waals surface area contributed by atoms with E-state index in [9.17, 15) is 0 Å². The minimum absolute atomic E-state index is 1.18. The molecule has 0 aliphatic rings. The highest BCUT2D eigenvalue weighted by atomic mass is 14.1. The molecule has 0 fully saturated rings. The molecule has 0 N–H and O–H groups in total. The molecule has 120 valence electrons. The predicted octanol–water partition coefficient (Wildman–Crippen LogP) is 7.05. The molecule has 0 heteroatoms. The van der Waals surface area contributed by atoms with Crippen LogP contribution in [0.1, 0.15) is 37.8 Å². The maximum atomic E-state index is 2.43. The van der Waals surface area contributed by atoms with E-state index >= 15 is 0 Å². The van der Waals surface area contributed by atoms with Crippen LogP contribution in [0.2, 0.25) is 0 Å². The summed E-state index contributed by atoms with van der Waals surface area (Å²) in [6.07, 6.45) is 4.78. The van der Waals surface area contributed by atoms with Crippen molar-refractivity contribution in [2.24, 2.45) is 0 Å². The van der Waals surface area contributed by atoms with Crippen LogP contribution < -0.4 is 0 Å². The normalized spacial score (nSPS) is 11.6. The monoisotopic (exact) mass is 312 g/mol. The van der Waals surface area contributed by atoms with Crippen molar-refractivity contribution in [3.63, 3.8) is 0 Å². The Bertz CT molecular complexity index is 941. The fraction of sp³-hybridized carbons (Fsp3) is 0.250. The topological polar surface area (TPSA) is 0 Å². The molecule has 0 amide bonds. The highest BCUT2D eigenvalue weighted by Crippen LogP contribution is 2.30. The largest absolute Gasteiger partial charge is 0.0651 e. The molecule has 0 nitrogen and oxygen atoms in total. The quantitative estimate of drug-likeness (QED) is 0.354. The van der Waals surface area contributed by atoms with Crippen LogP contribution in [-0.2, 0) is 12.8 Å². The van der Waals surface area contributed by atoms with Crippen molar-refractivity contribution < 1.29 is 0 Å². The van der Waals surface area contributed by atoms with Crippen LogP contribution >= 0.6 is 0 Å². The van der Waals surface area contributed by atoms with Gasteiger partial charge < -0.3 is 0 Å². The van der Waals surface area contributed by atoms with E-state index < -0.39 is 0 Å². The summed E-state index contributed by atoms with van der Waals surface area (Å²) in [7, 11) is 0. The first-order chi connectivity index (χ1) is 11.8. The van der Waals surface area contributed by atoms with Gasteiger partial charge in [-0.15, -0.1) is 0 Å². The van der Waals surface area contributed by atoms with Gasteiger partial charge in [0.25, 0.3) is 0 Å². The Morgan fingerprint density at radius 2 is 0.875 bits per heavy atom. The van der Waals surface area contributed by atoms with E-state index in [2.05, 4.69) is 74.5 Å². The van der Waals surface area contributed by atoms with E-state index in [4.69, 9.17) is 0 Å². The Balaban J connectivity index is 1.98. The van der Waals surface area contributed by atoms with Gasteiger partial charge in [-0.1, -0.05) is 63.1 Å². The number of hydrogen-bond donors (Lipinski definition) is 0. The van der Waals surface area contributed by atoms with E-state index in [0.29, 0.717) is 0 Å². The van der Waals surface area contributed by atoms with Crippen LogP contribution in [0, 0.1) is 0 Å². The molecule has 0 saturated carbocycles. The fourth-order valence-corrected chi connectivity index (χ4v) is 3.84. The summed E-state index contributed by atoms with van der Waals surface area (Å²) in [6.45, 7) is 4.54. The van der Waals surface area contributed by atoms with Crippen molar-refractivity contribution >= 4 is 32.3 Å². The highest BCUT2D eigenvalue weighted by molar-refractivity contribution is 6.04. The van der Waals surface area contributed by atoms with Gasteiger partial charge in [-0.3, -0.25) is 0 Å². The second-order valence-corrected chi connectivity index (χ2v) is 6.87. The SMILES string of the molecule is CCCc1cc2cc3cc4ccccc4cc3cc2cc1CCC. The van der Waals surface area contributed by atoms with Gasteiger partial charge in [0.2, 0.25) is 0 Å². The molecular weight excluding hydrogens is 288 g/mol. The molecule has 4 rings (SSSR count). The summed E-state index contributed by atoms with van der Waals surface area (Å²) in [4.78, 5) is 0. The second kappa shape index (κ2) is 6.28. The van der Waals surface area contributed by atoms with Gasteiger partial charge in [-0.2, -0.15) is 0 Å². The molecule has 0 aliphatic heterocycles. The average Bonchev–Trinajstić information content (AvgIpc) is 2.59. The lowest BCUT2D eigenvalue weighted by Crippen LogP contribution is -1.94. The van der Waals surface area contributed by atoms with Crippen LogP contribution in [0.4, 0.5) is 0 Å². The van der Waals surface area contributed by atoms with E-state index in [0.717, 1.165) is 0 Å². The van der Waals surface area contributed by atoms with Gasteiger partial charge in [-0.25, -0.2) is 0 Å². The fourth-order valence-electron chi connectivity index (χ4n) is 3.84. The standard InChI is InChI=1S/C24H24/c1-3-7-17-11-21-15-23-13-19-9-5-6-10-20(19)14-24(23)16-22(21)12-18(17)8-4-2/h5-6,9-16H,3-4,7-8H2,1-2H3. The van der Waals surface area contributed by atoms with Crippen LogP contribution in [0.3, 0.4) is 0 Å². The summed E-state index contributed by atoms with van der Waals surface area (Å²) in [5.41, 5.74) is 3.07. The number of hydrogen-bond acceptors (Lipinski definition) is 0. The van der Waals surface area contributed by atoms with Crippen LogP contribution in [0.5, 0.6) is 0 Å². The van der Waals surface area contributed by atoms with Crippen molar-refractivity contribution in [2.45, 2.75) is 39.5 Å². The van der Waals surface area contributed by atoms with Crippen molar-refractivity contribution in [2.75, 3.05) is 0 Å². The third-order valence-corrected chi connectivity index (χ3v) is 5.02. The third kappa shape index (κ3) is 2.67. The number of aryl methyl sites for hydroxylation is 2. The molecule has 0 aromatic heterocycles. The molecule has 0 bridgehead atoms. The first-order valence-electron chi connectivity index (χ1n) is 9.16. The molecule has 4 aromatic carbocycles. The van der Waals surface area contributed by atoms with Crippen molar-refractivity contribution in [1.82, 2.24) is 0 Å². The van der Waals surface area contributed by atoms with Crippen LogP contribution in [0.15, 0.2) is 60.7 Å². The van der Waals surface area contributed by atoms with E-state index in [1.807, 2.05) is 0 Å². The van der Waals surface area contributed by atoms with Crippen molar-refractivity contribution in [1.29, 1.82) is 0 Å². The zero-order valence-electron chi connectivity index (χ0n) is 14.6. The second-order valence-electron chi connectivity index (χ2n) is 6.87. The van der Waals surface area contributed by atoms with Crippen LogP contribution in [-0.4, -0.2) is 0 Å². The molecule has 0 radical (unpaired) electrons. The number of rotatable bonds is 4. The average molecular weight is 312 g/mol. The summed E-state index contributed by atoms with van der Waals surface area (Å²) >= 11 is 0. The molecule has 0 unspecified atom stereocenters. The maximum Gasteiger partial charge on any atom is -0.0171 e. The van der Waals surface area contributed by atoms with Crippen molar-refractivity contribution in [3.05, 3.63) is 71.8 Å². The lowest BCUT2D eigenvalue weighted by Gasteiger charge is -2.12. The Morgan fingerprint density at radius 3 is 1.29 bits per heavy atom. The number of fused-ring (bicyclic) bond motifs is 3. The third-order valence-electron chi connectivity index (χ3n) is 5.02. The summed E-state index contributed by atoms with van der Waals surface area (Å²) < 4.78 is 0. The molecule has 0 spiro atoms. The zero-order chi connectivity index (χ0) is 16.5. The Morgan fingerprint density at radius 1 is 0.500 bits per heavy atom. The molecule has 4 aromatic rings. The number of benzene rings is 4. The molecular formula is C24H24. The van der Waals surface area contributed by atoms with Gasteiger partial charge in [0.1, 0.15) is 0 Å². The molecule has 0 heterocycles. The molecule has 24 heavy (non-hydrogen) atoms. The van der Waals surface area contributed by atoms with Crippen LogP contribution in [0.25, 0.3) is 32.3 Å². The van der Waals surface area contributed by atoms with E-state index in [1.54, 1.807) is 0 Å². The van der Waals surface area contributed by atoms with Gasteiger partial charge in [-0.05, 0) is 80.6 Å². The zero-order valence-corrected chi connectivity index (χ0v) is 14.6. The van der Waals surface area contributed by atoms with Crippen molar-refractivity contribution in [3.8, 4) is 0 Å². The summed E-state index contributed by atoms with van der Waals surface area (Å²) in [5.74, 6) is 0.